The van der Waals surface area contributed by atoms with Crippen molar-refractivity contribution in [3.05, 3.63) is 59.0 Å². The van der Waals surface area contributed by atoms with Crippen molar-refractivity contribution in [1.82, 2.24) is 14.9 Å². The van der Waals surface area contributed by atoms with Gasteiger partial charge in [-0.3, -0.25) is 4.79 Å². The molecule has 130 valence electrons. The quantitative estimate of drug-likeness (QED) is 0.785. The molecule has 0 bridgehead atoms. The number of rotatable bonds is 4. The van der Waals surface area contributed by atoms with Crippen molar-refractivity contribution in [3.8, 4) is 5.88 Å². The number of aromatic nitrogens is 2. The van der Waals surface area contributed by atoms with Crippen LogP contribution in [0.2, 0.25) is 5.02 Å². The molecule has 1 saturated heterocycles. The van der Waals surface area contributed by atoms with Gasteiger partial charge in [-0.05, 0) is 37.5 Å². The average Bonchev–Trinajstić information content (AvgIpc) is 2.61. The molecule has 2 aromatic rings. The molecule has 25 heavy (non-hydrogen) atoms. The van der Waals surface area contributed by atoms with Crippen LogP contribution in [0.4, 0.5) is 0 Å². The molecule has 5 nitrogen and oxygen atoms in total. The van der Waals surface area contributed by atoms with Gasteiger partial charge in [-0.15, -0.1) is 0 Å². The summed E-state index contributed by atoms with van der Waals surface area (Å²) in [5.74, 6) is 1.19. The van der Waals surface area contributed by atoms with E-state index in [1.165, 1.54) is 0 Å². The molecule has 1 aromatic heterocycles. The summed E-state index contributed by atoms with van der Waals surface area (Å²) in [6.45, 7) is 3.10. The number of amides is 1. The van der Waals surface area contributed by atoms with E-state index < -0.39 is 0 Å². The van der Waals surface area contributed by atoms with Crippen LogP contribution in [0.3, 0.4) is 0 Å². The number of benzene rings is 1. The van der Waals surface area contributed by atoms with Gasteiger partial charge in [0.1, 0.15) is 11.9 Å². The summed E-state index contributed by atoms with van der Waals surface area (Å²) in [5, 5.41) is 0.630. The summed E-state index contributed by atoms with van der Waals surface area (Å²) in [5.41, 5.74) is 0.832. The molecule has 3 rings (SSSR count). The highest BCUT2D eigenvalue weighted by atomic mass is 35.5. The maximum atomic E-state index is 12.4. The van der Waals surface area contributed by atoms with Gasteiger partial charge in [0.2, 0.25) is 11.8 Å². The Kier molecular flexibility index (Phi) is 5.66. The van der Waals surface area contributed by atoms with Gasteiger partial charge in [-0.2, -0.15) is 4.98 Å². The molecule has 1 atom stereocenters. The Balaban J connectivity index is 1.61. The van der Waals surface area contributed by atoms with Gasteiger partial charge in [0.15, 0.2) is 0 Å². The minimum atomic E-state index is -0.0549. The van der Waals surface area contributed by atoms with Crippen molar-refractivity contribution in [3.63, 3.8) is 0 Å². The Morgan fingerprint density at radius 3 is 3.00 bits per heavy atom. The summed E-state index contributed by atoms with van der Waals surface area (Å²) in [4.78, 5) is 22.6. The van der Waals surface area contributed by atoms with Crippen LogP contribution in [-0.4, -0.2) is 40.0 Å². The van der Waals surface area contributed by atoms with Crippen LogP contribution in [0.1, 0.15) is 24.2 Å². The Labute approximate surface area is 152 Å². The third-order valence-electron chi connectivity index (χ3n) is 4.04. The molecule has 1 amide bonds. The molecule has 1 fully saturated rings. The number of carbonyl (C=O) groups excluding carboxylic acids is 1. The summed E-state index contributed by atoms with van der Waals surface area (Å²) in [6.07, 6.45) is 6.75. The van der Waals surface area contributed by atoms with Crippen molar-refractivity contribution in [2.75, 3.05) is 13.1 Å². The number of halogens is 1. The maximum Gasteiger partial charge on any atom is 0.246 e. The zero-order valence-corrected chi connectivity index (χ0v) is 14.8. The molecule has 0 aliphatic carbocycles. The van der Waals surface area contributed by atoms with Gasteiger partial charge >= 0.3 is 0 Å². The fraction of sp³-hybridized carbons (Fsp3) is 0.316. The van der Waals surface area contributed by atoms with Gasteiger partial charge in [-0.1, -0.05) is 29.8 Å². The topological polar surface area (TPSA) is 55.3 Å². The number of ether oxygens (including phenoxy) is 1. The van der Waals surface area contributed by atoms with Crippen LogP contribution in [0.5, 0.6) is 5.88 Å². The van der Waals surface area contributed by atoms with E-state index in [2.05, 4.69) is 9.97 Å². The number of hydrogen-bond donors (Lipinski definition) is 0. The van der Waals surface area contributed by atoms with Gasteiger partial charge in [0, 0.05) is 29.9 Å². The molecule has 0 N–H and O–H groups in total. The summed E-state index contributed by atoms with van der Waals surface area (Å²) in [7, 11) is 0. The van der Waals surface area contributed by atoms with E-state index in [0.717, 1.165) is 24.9 Å². The number of piperidine rings is 1. The third-order valence-corrected chi connectivity index (χ3v) is 4.38. The van der Waals surface area contributed by atoms with E-state index in [1.807, 2.05) is 25.1 Å². The first-order chi connectivity index (χ1) is 12.1. The maximum absolute atomic E-state index is 12.4. The van der Waals surface area contributed by atoms with Crippen LogP contribution < -0.4 is 4.74 Å². The minimum Gasteiger partial charge on any atom is -0.472 e. The SMILES string of the molecule is Cc1nccc(OC2CCCN(C(=O)/C=C/c3ccccc3Cl)C2)n1. The van der Waals surface area contributed by atoms with Crippen LogP contribution >= 0.6 is 11.6 Å². The Morgan fingerprint density at radius 2 is 2.20 bits per heavy atom. The van der Waals surface area contributed by atoms with Crippen LogP contribution in [0.15, 0.2) is 42.6 Å². The van der Waals surface area contributed by atoms with Gasteiger partial charge in [0.25, 0.3) is 0 Å². The molecule has 1 aliphatic rings. The highest BCUT2D eigenvalue weighted by molar-refractivity contribution is 6.32. The number of nitrogens with zero attached hydrogens (tertiary/aromatic N) is 3. The van der Waals surface area contributed by atoms with E-state index in [9.17, 15) is 4.79 Å². The zero-order chi connectivity index (χ0) is 17.6. The molecule has 1 aromatic carbocycles. The van der Waals surface area contributed by atoms with Crippen molar-refractivity contribution >= 4 is 23.6 Å². The summed E-state index contributed by atoms with van der Waals surface area (Å²) >= 11 is 6.11. The monoisotopic (exact) mass is 357 g/mol. The fourth-order valence-electron chi connectivity index (χ4n) is 2.78. The van der Waals surface area contributed by atoms with Crippen molar-refractivity contribution in [1.29, 1.82) is 0 Å². The summed E-state index contributed by atoms with van der Waals surface area (Å²) in [6, 6.07) is 9.18. The second-order valence-corrected chi connectivity index (χ2v) is 6.37. The number of aryl methyl sites for hydroxylation is 1. The molecular formula is C19H20ClN3O2. The Bertz CT molecular complexity index is 779. The van der Waals surface area contributed by atoms with Crippen molar-refractivity contribution < 1.29 is 9.53 Å². The lowest BCUT2D eigenvalue weighted by atomic mass is 10.1. The van der Waals surface area contributed by atoms with E-state index in [-0.39, 0.29) is 12.0 Å². The van der Waals surface area contributed by atoms with E-state index in [0.29, 0.717) is 23.3 Å². The second-order valence-electron chi connectivity index (χ2n) is 5.96. The lowest BCUT2D eigenvalue weighted by molar-refractivity contribution is -0.128. The first-order valence-electron chi connectivity index (χ1n) is 8.29. The molecule has 2 heterocycles. The highest BCUT2D eigenvalue weighted by Crippen LogP contribution is 2.19. The number of carbonyl (C=O) groups is 1. The second kappa shape index (κ2) is 8.12. The molecule has 1 unspecified atom stereocenters. The third kappa shape index (κ3) is 4.79. The molecule has 0 spiro atoms. The first-order valence-corrected chi connectivity index (χ1v) is 8.67. The predicted molar refractivity (Wildman–Crippen MR) is 97.5 cm³/mol. The van der Waals surface area contributed by atoms with Crippen LogP contribution in [0, 0.1) is 6.92 Å². The minimum absolute atomic E-state index is 0.0351. The lowest BCUT2D eigenvalue weighted by Gasteiger charge is -2.32. The molecule has 1 aliphatic heterocycles. The van der Waals surface area contributed by atoms with Gasteiger partial charge in [0.05, 0.1) is 6.54 Å². The van der Waals surface area contributed by atoms with Gasteiger partial charge in [-0.25, -0.2) is 4.98 Å². The van der Waals surface area contributed by atoms with Crippen LogP contribution in [0.25, 0.3) is 6.08 Å². The van der Waals surface area contributed by atoms with Crippen molar-refractivity contribution in [2.24, 2.45) is 0 Å². The highest BCUT2D eigenvalue weighted by Gasteiger charge is 2.24. The molecule has 6 heteroatoms. The Hall–Kier alpha value is -2.40. The Morgan fingerprint density at radius 1 is 1.36 bits per heavy atom. The number of hydrogen-bond acceptors (Lipinski definition) is 4. The van der Waals surface area contributed by atoms with Crippen molar-refractivity contribution in [2.45, 2.75) is 25.9 Å². The van der Waals surface area contributed by atoms with E-state index in [1.54, 1.807) is 35.4 Å². The lowest BCUT2D eigenvalue weighted by Crippen LogP contribution is -2.43. The predicted octanol–water partition coefficient (Wildman–Crippen LogP) is 3.52. The fourth-order valence-corrected chi connectivity index (χ4v) is 2.98. The average molecular weight is 358 g/mol. The standard InChI is InChI=1S/C19H20ClN3O2/c1-14-21-11-10-18(22-14)25-16-6-4-12-23(13-16)19(24)9-8-15-5-2-3-7-17(15)20/h2-3,5,7-11,16H,4,6,12-13H2,1H3/b9-8+. The smallest absolute Gasteiger partial charge is 0.246 e. The molecule has 0 radical (unpaired) electrons. The normalized spacial score (nSPS) is 17.7. The number of likely N-dealkylation sites (tertiary alicyclic amines) is 1. The zero-order valence-electron chi connectivity index (χ0n) is 14.1. The van der Waals surface area contributed by atoms with Gasteiger partial charge < -0.3 is 9.64 Å². The van der Waals surface area contributed by atoms with E-state index in [4.69, 9.17) is 16.3 Å². The largest absolute Gasteiger partial charge is 0.472 e. The molecule has 0 saturated carbocycles. The summed E-state index contributed by atoms with van der Waals surface area (Å²) < 4.78 is 5.91. The van der Waals surface area contributed by atoms with Crippen LogP contribution in [-0.2, 0) is 4.79 Å². The van der Waals surface area contributed by atoms with E-state index >= 15 is 0 Å². The first kappa shape index (κ1) is 17.4. The molecular weight excluding hydrogens is 338 g/mol.